The highest BCUT2D eigenvalue weighted by Crippen LogP contribution is 2.29. The second kappa shape index (κ2) is 13.1. The van der Waals surface area contributed by atoms with Crippen molar-refractivity contribution in [2.75, 3.05) is 24.1 Å². The number of nitrogens with one attached hydrogen (secondary N) is 2. The molecule has 1 unspecified atom stereocenters. The maximum atomic E-state index is 14.3. The van der Waals surface area contributed by atoms with Gasteiger partial charge in [-0.2, -0.15) is 0 Å². The number of aryl methyl sites for hydroxylation is 1. The van der Waals surface area contributed by atoms with Crippen molar-refractivity contribution in [3.8, 4) is 17.2 Å². The zero-order chi connectivity index (χ0) is 30.3. The van der Waals surface area contributed by atoms with Gasteiger partial charge in [-0.15, -0.1) is 0 Å². The van der Waals surface area contributed by atoms with Gasteiger partial charge in [-0.3, -0.25) is 10.2 Å². The lowest BCUT2D eigenvalue weighted by molar-refractivity contribution is -0.126. The maximum absolute atomic E-state index is 14.3. The van der Waals surface area contributed by atoms with Crippen LogP contribution in [-0.4, -0.2) is 55.6 Å². The fourth-order valence-corrected chi connectivity index (χ4v) is 4.76. The maximum Gasteiger partial charge on any atom is 0.246 e. The number of halogens is 1. The molecule has 1 amide bonds. The molecule has 0 radical (unpaired) electrons. The van der Waals surface area contributed by atoms with E-state index in [4.69, 9.17) is 20.6 Å². The summed E-state index contributed by atoms with van der Waals surface area (Å²) in [6, 6.07) is 10.8. The van der Waals surface area contributed by atoms with E-state index in [9.17, 15) is 9.18 Å². The van der Waals surface area contributed by atoms with Gasteiger partial charge in [0.15, 0.2) is 0 Å². The third kappa shape index (κ3) is 7.10. The Morgan fingerprint density at radius 1 is 1.14 bits per heavy atom. The van der Waals surface area contributed by atoms with Crippen molar-refractivity contribution >= 4 is 23.3 Å². The molecule has 220 valence electrons. The van der Waals surface area contributed by atoms with E-state index in [1.165, 1.54) is 24.5 Å². The van der Waals surface area contributed by atoms with Crippen LogP contribution in [0.5, 0.6) is 17.2 Å². The minimum absolute atomic E-state index is 0.0227. The molecular weight excluding hydrogens is 551 g/mol. The van der Waals surface area contributed by atoms with Crippen LogP contribution in [0.4, 0.5) is 16.0 Å². The van der Waals surface area contributed by atoms with Crippen LogP contribution in [0, 0.1) is 18.2 Å². The number of carbonyl (C=O) groups is 1. The Balaban J connectivity index is 1.26. The van der Waals surface area contributed by atoms with E-state index in [0.717, 1.165) is 18.4 Å². The molecule has 0 bridgehead atoms. The summed E-state index contributed by atoms with van der Waals surface area (Å²) in [6.45, 7) is 6.67. The van der Waals surface area contributed by atoms with Crippen molar-refractivity contribution in [3.63, 3.8) is 0 Å². The minimum atomic E-state index is -0.514. The van der Waals surface area contributed by atoms with E-state index >= 15 is 0 Å². The summed E-state index contributed by atoms with van der Waals surface area (Å²) in [6.07, 6.45) is 7.71. The van der Waals surface area contributed by atoms with Crippen molar-refractivity contribution in [2.45, 2.75) is 32.4 Å². The minimum Gasteiger partial charge on any atom is -0.489 e. The molecule has 4 aromatic rings. The monoisotopic (exact) mass is 582 g/mol. The number of hydrogen-bond acceptors (Lipinski definition) is 10. The van der Waals surface area contributed by atoms with Crippen LogP contribution in [0.15, 0.2) is 73.8 Å². The molecule has 1 atom stereocenters. The third-order valence-electron chi connectivity index (χ3n) is 6.93. The number of amides is 1. The summed E-state index contributed by atoms with van der Waals surface area (Å²) >= 11 is 0. The summed E-state index contributed by atoms with van der Waals surface area (Å²) in [4.78, 5) is 30.6. The van der Waals surface area contributed by atoms with Gasteiger partial charge >= 0.3 is 0 Å². The quantitative estimate of drug-likeness (QED) is 0.169. The van der Waals surface area contributed by atoms with Gasteiger partial charge < -0.3 is 25.4 Å². The molecule has 2 aromatic heterocycles. The molecule has 3 heterocycles. The lowest BCUT2D eigenvalue weighted by atomic mass is 10.0. The number of nitrogen functional groups attached to an aromatic ring is 1. The first-order valence-electron chi connectivity index (χ1n) is 13.7. The Morgan fingerprint density at radius 3 is 2.63 bits per heavy atom. The molecule has 1 fully saturated rings. The molecule has 12 heteroatoms. The lowest BCUT2D eigenvalue weighted by Gasteiger charge is -2.24. The summed E-state index contributed by atoms with van der Waals surface area (Å²) < 4.78 is 25.9. The van der Waals surface area contributed by atoms with Gasteiger partial charge in [-0.25, -0.2) is 24.3 Å². The first kappa shape index (κ1) is 29.1. The van der Waals surface area contributed by atoms with E-state index in [1.807, 2.05) is 0 Å². The Kier molecular flexibility index (Phi) is 8.85. The Labute approximate surface area is 248 Å². The summed E-state index contributed by atoms with van der Waals surface area (Å²) in [5.41, 5.74) is 7.94. The van der Waals surface area contributed by atoms with Gasteiger partial charge in [-0.1, -0.05) is 6.58 Å². The number of nitrogens with two attached hydrogens (primary N) is 1. The normalized spacial score (nSPS) is 14.3. The second-order valence-corrected chi connectivity index (χ2v) is 9.95. The number of carbonyl (C=O) groups excluding carboxylic acids is 1. The van der Waals surface area contributed by atoms with Crippen LogP contribution in [-0.2, 0) is 11.4 Å². The van der Waals surface area contributed by atoms with Crippen molar-refractivity contribution in [1.29, 1.82) is 5.41 Å². The number of likely N-dealkylation sites (tertiary alicyclic amines) is 1. The zero-order valence-electron chi connectivity index (χ0n) is 23.6. The average molecular weight is 583 g/mol. The molecule has 0 saturated carbocycles. The number of hydrogen-bond donors (Lipinski definition) is 3. The molecule has 1 saturated heterocycles. The molecule has 0 aliphatic carbocycles. The number of nitrogens with zero attached hydrogens (tertiary/aromatic N) is 5. The molecule has 11 nitrogen and oxygen atoms in total. The van der Waals surface area contributed by atoms with E-state index in [1.54, 1.807) is 54.5 Å². The van der Waals surface area contributed by atoms with Gasteiger partial charge in [0.1, 0.15) is 53.5 Å². The van der Waals surface area contributed by atoms with E-state index in [0.29, 0.717) is 47.4 Å². The van der Waals surface area contributed by atoms with Crippen LogP contribution >= 0.6 is 0 Å². The van der Waals surface area contributed by atoms with Gasteiger partial charge in [0.05, 0.1) is 11.3 Å². The number of rotatable bonds is 11. The largest absolute Gasteiger partial charge is 0.489 e. The van der Waals surface area contributed by atoms with Gasteiger partial charge in [-0.05, 0) is 50.1 Å². The van der Waals surface area contributed by atoms with E-state index < -0.39 is 5.82 Å². The number of aromatic nitrogens is 4. The summed E-state index contributed by atoms with van der Waals surface area (Å²) in [5, 5.41) is 12.1. The first-order chi connectivity index (χ1) is 20.8. The van der Waals surface area contributed by atoms with Gasteiger partial charge in [0, 0.05) is 60.9 Å². The van der Waals surface area contributed by atoms with Crippen LogP contribution in [0.3, 0.4) is 0 Å². The van der Waals surface area contributed by atoms with Gasteiger partial charge in [0.2, 0.25) is 5.91 Å². The van der Waals surface area contributed by atoms with E-state index in [-0.39, 0.29) is 35.8 Å². The van der Waals surface area contributed by atoms with Crippen molar-refractivity contribution < 1.29 is 18.7 Å². The molecule has 1 aliphatic heterocycles. The Morgan fingerprint density at radius 2 is 1.88 bits per heavy atom. The predicted octanol–water partition coefficient (Wildman–Crippen LogP) is 4.67. The summed E-state index contributed by atoms with van der Waals surface area (Å²) in [5.74, 6) is 1.56. The highest BCUT2D eigenvalue weighted by Gasteiger charge is 2.27. The van der Waals surface area contributed by atoms with Crippen LogP contribution < -0.4 is 20.5 Å². The van der Waals surface area contributed by atoms with Crippen molar-refractivity contribution in [3.05, 3.63) is 102 Å². The first-order valence-corrected chi connectivity index (χ1v) is 13.7. The SMILES string of the molecule is C=CC(=O)N1CCCC1CNc1ncnc(N)c1C(=N)c1ccc(Oc2cc(F)cc(OCc3cnc(C)nc3)c2)cc1. The Bertz CT molecular complexity index is 1630. The topological polar surface area (TPSA) is 152 Å². The fourth-order valence-electron chi connectivity index (χ4n) is 4.76. The molecular formula is C31H31FN8O3. The van der Waals surface area contributed by atoms with E-state index in [2.05, 4.69) is 31.8 Å². The molecule has 0 spiro atoms. The van der Waals surface area contributed by atoms with Crippen LogP contribution in [0.25, 0.3) is 0 Å². The van der Waals surface area contributed by atoms with Crippen molar-refractivity contribution in [1.82, 2.24) is 24.8 Å². The number of ether oxygens (including phenoxy) is 2. The predicted molar refractivity (Wildman–Crippen MR) is 160 cm³/mol. The average Bonchev–Trinajstić information content (AvgIpc) is 3.48. The Hall–Kier alpha value is -5.39. The molecule has 2 aromatic carbocycles. The molecule has 5 rings (SSSR count). The highest BCUT2D eigenvalue weighted by atomic mass is 19.1. The van der Waals surface area contributed by atoms with Crippen molar-refractivity contribution in [2.24, 2.45) is 0 Å². The third-order valence-corrected chi connectivity index (χ3v) is 6.93. The molecule has 1 aliphatic rings. The zero-order valence-corrected chi connectivity index (χ0v) is 23.6. The highest BCUT2D eigenvalue weighted by molar-refractivity contribution is 6.16. The smallest absolute Gasteiger partial charge is 0.246 e. The second-order valence-electron chi connectivity index (χ2n) is 9.95. The number of benzene rings is 2. The van der Waals surface area contributed by atoms with Crippen LogP contribution in [0.2, 0.25) is 0 Å². The number of anilines is 2. The van der Waals surface area contributed by atoms with Crippen LogP contribution in [0.1, 0.15) is 35.4 Å². The molecule has 43 heavy (non-hydrogen) atoms. The standard InChI is InChI=1S/C31H31FN8O3/c1-3-27(41)40-10-4-5-23(40)16-37-31-28(30(34)38-18-39-31)29(33)21-6-8-24(9-7-21)43-26-12-22(32)11-25(13-26)42-17-20-14-35-19(2)36-15-20/h3,6-9,11-15,18,23,33H,1,4-5,10,16-17H2,2H3,(H3,34,37,38,39). The van der Waals surface area contributed by atoms with Gasteiger partial charge in [0.25, 0.3) is 0 Å². The summed E-state index contributed by atoms with van der Waals surface area (Å²) in [7, 11) is 0. The fraction of sp³-hybridized carbons (Fsp3) is 0.226. The molecule has 4 N–H and O–H groups in total. The lowest BCUT2D eigenvalue weighted by Crippen LogP contribution is -2.38.